The summed E-state index contributed by atoms with van der Waals surface area (Å²) in [6.45, 7) is 5.63. The molecule has 0 radical (unpaired) electrons. The van der Waals surface area contributed by atoms with E-state index < -0.39 is 10.0 Å². The van der Waals surface area contributed by atoms with Gasteiger partial charge in [-0.15, -0.1) is 11.3 Å². The van der Waals surface area contributed by atoms with Crippen LogP contribution in [0.25, 0.3) is 0 Å². The van der Waals surface area contributed by atoms with Gasteiger partial charge in [-0.3, -0.25) is 0 Å². The molecule has 1 aliphatic rings. The summed E-state index contributed by atoms with van der Waals surface area (Å²) in [5.74, 6) is 0.347. The van der Waals surface area contributed by atoms with Crippen molar-refractivity contribution in [2.45, 2.75) is 36.9 Å². The Morgan fingerprint density at radius 2 is 2.32 bits per heavy atom. The molecule has 2 rings (SSSR count). The van der Waals surface area contributed by atoms with Crippen molar-refractivity contribution in [1.29, 1.82) is 0 Å². The van der Waals surface area contributed by atoms with Gasteiger partial charge in [-0.1, -0.05) is 11.6 Å². The number of sulfonamides is 1. The van der Waals surface area contributed by atoms with Crippen molar-refractivity contribution in [3.05, 3.63) is 16.0 Å². The largest absolute Gasteiger partial charge is 0.316 e. The first-order chi connectivity index (χ1) is 8.90. The maximum atomic E-state index is 12.3. The Hall–Kier alpha value is -0.140. The highest BCUT2D eigenvalue weighted by Crippen LogP contribution is 2.30. The Labute approximate surface area is 123 Å². The molecule has 0 bridgehead atoms. The van der Waals surface area contributed by atoms with E-state index in [2.05, 4.69) is 10.0 Å². The molecule has 108 valence electrons. The van der Waals surface area contributed by atoms with Crippen LogP contribution >= 0.6 is 22.9 Å². The monoisotopic (exact) mass is 322 g/mol. The summed E-state index contributed by atoms with van der Waals surface area (Å²) in [5, 5.41) is 3.30. The van der Waals surface area contributed by atoms with E-state index in [9.17, 15) is 8.42 Å². The minimum Gasteiger partial charge on any atom is -0.316 e. The van der Waals surface area contributed by atoms with Crippen molar-refractivity contribution in [3.8, 4) is 0 Å². The fraction of sp³-hybridized carbons (Fsp3) is 0.667. The molecule has 4 nitrogen and oxygen atoms in total. The zero-order chi connectivity index (χ0) is 14.0. The molecule has 0 saturated carbocycles. The third-order valence-electron chi connectivity index (χ3n) is 3.48. The maximum absolute atomic E-state index is 12.3. The second-order valence-electron chi connectivity index (χ2n) is 5.04. The van der Waals surface area contributed by atoms with Gasteiger partial charge in [0.15, 0.2) is 0 Å². The predicted octanol–water partition coefficient (Wildman–Crippen LogP) is 2.38. The maximum Gasteiger partial charge on any atom is 0.250 e. The van der Waals surface area contributed by atoms with Crippen LogP contribution in [0, 0.1) is 12.8 Å². The third-order valence-corrected chi connectivity index (χ3v) is 7.07. The fourth-order valence-electron chi connectivity index (χ4n) is 2.27. The summed E-state index contributed by atoms with van der Waals surface area (Å²) < 4.78 is 28.1. The fourth-order valence-corrected chi connectivity index (χ4v) is 5.31. The van der Waals surface area contributed by atoms with Gasteiger partial charge in [0, 0.05) is 6.04 Å². The summed E-state index contributed by atoms with van der Waals surface area (Å²) in [4.78, 5) is 0. The van der Waals surface area contributed by atoms with Crippen LogP contribution in [-0.4, -0.2) is 27.5 Å². The van der Waals surface area contributed by atoms with E-state index in [1.807, 2.05) is 13.8 Å². The van der Waals surface area contributed by atoms with E-state index >= 15 is 0 Å². The molecule has 7 heteroatoms. The molecule has 1 aromatic heterocycles. The lowest BCUT2D eigenvalue weighted by Crippen LogP contribution is -2.44. The van der Waals surface area contributed by atoms with E-state index in [1.54, 1.807) is 6.07 Å². The molecule has 2 heterocycles. The first-order valence-corrected chi connectivity index (χ1v) is 9.07. The molecule has 1 fully saturated rings. The number of aryl methyl sites for hydroxylation is 1. The number of thiophene rings is 1. The lowest BCUT2D eigenvalue weighted by molar-refractivity contribution is 0.320. The van der Waals surface area contributed by atoms with Gasteiger partial charge in [0.05, 0.1) is 4.34 Å². The van der Waals surface area contributed by atoms with Crippen LogP contribution < -0.4 is 10.0 Å². The van der Waals surface area contributed by atoms with Crippen molar-refractivity contribution in [1.82, 2.24) is 10.0 Å². The van der Waals surface area contributed by atoms with Crippen molar-refractivity contribution in [2.24, 2.45) is 5.92 Å². The minimum absolute atomic E-state index is 0.0704. The summed E-state index contributed by atoms with van der Waals surface area (Å²) in [7, 11) is -3.45. The second kappa shape index (κ2) is 6.10. The zero-order valence-corrected chi connectivity index (χ0v) is 13.5. The van der Waals surface area contributed by atoms with Gasteiger partial charge in [-0.25, -0.2) is 13.1 Å². The van der Waals surface area contributed by atoms with Crippen molar-refractivity contribution >= 4 is 33.0 Å². The summed E-state index contributed by atoms with van der Waals surface area (Å²) in [6, 6.07) is 1.56. The molecule has 19 heavy (non-hydrogen) atoms. The average Bonchev–Trinajstić information content (AvgIpc) is 2.71. The van der Waals surface area contributed by atoms with Crippen molar-refractivity contribution in [2.75, 3.05) is 13.1 Å². The standard InChI is InChI=1S/C12H19ClN2O2S2/c1-8-6-11(18-12(8)13)19(16,17)15-9(2)10-4-3-5-14-7-10/h6,9-10,14-15H,3-5,7H2,1-2H3. The van der Waals surface area contributed by atoms with Crippen LogP contribution in [0.4, 0.5) is 0 Å². The second-order valence-corrected chi connectivity index (χ2v) is 8.63. The molecule has 1 aliphatic heterocycles. The van der Waals surface area contributed by atoms with E-state index in [0.29, 0.717) is 14.5 Å². The van der Waals surface area contributed by atoms with E-state index in [0.717, 1.165) is 42.8 Å². The Morgan fingerprint density at radius 3 is 2.84 bits per heavy atom. The Kier molecular flexibility index (Phi) is 4.89. The van der Waals surface area contributed by atoms with Gasteiger partial charge in [-0.2, -0.15) is 0 Å². The molecule has 1 aromatic rings. The van der Waals surface area contributed by atoms with Gasteiger partial charge in [0.1, 0.15) is 4.21 Å². The van der Waals surface area contributed by atoms with Gasteiger partial charge in [0.2, 0.25) is 10.0 Å². The smallest absolute Gasteiger partial charge is 0.250 e. The molecule has 0 amide bonds. The summed E-state index contributed by atoms with van der Waals surface area (Å²) >= 11 is 7.05. The van der Waals surface area contributed by atoms with Crippen LogP contribution in [0.15, 0.2) is 10.3 Å². The van der Waals surface area contributed by atoms with Crippen LogP contribution in [0.3, 0.4) is 0 Å². The zero-order valence-electron chi connectivity index (χ0n) is 11.1. The Morgan fingerprint density at radius 1 is 1.58 bits per heavy atom. The first kappa shape index (κ1) is 15.3. The van der Waals surface area contributed by atoms with E-state index in [4.69, 9.17) is 11.6 Å². The summed E-state index contributed by atoms with van der Waals surface area (Å²) in [5.41, 5.74) is 0.805. The molecule has 1 saturated heterocycles. The highest BCUT2D eigenvalue weighted by Gasteiger charge is 2.26. The number of nitrogens with one attached hydrogen (secondary N) is 2. The normalized spacial score (nSPS) is 22.4. The molecule has 2 atom stereocenters. The lowest BCUT2D eigenvalue weighted by atomic mass is 9.94. The number of rotatable bonds is 4. The Balaban J connectivity index is 2.08. The quantitative estimate of drug-likeness (QED) is 0.894. The van der Waals surface area contributed by atoms with Gasteiger partial charge in [0.25, 0.3) is 0 Å². The highest BCUT2D eigenvalue weighted by atomic mass is 35.5. The number of halogens is 1. The first-order valence-electron chi connectivity index (χ1n) is 6.39. The molecule has 0 aliphatic carbocycles. The minimum atomic E-state index is -3.45. The number of piperidine rings is 1. The molecular weight excluding hydrogens is 304 g/mol. The summed E-state index contributed by atoms with van der Waals surface area (Å²) in [6.07, 6.45) is 2.15. The van der Waals surface area contributed by atoms with Crippen LogP contribution in [0.5, 0.6) is 0 Å². The van der Waals surface area contributed by atoms with Crippen LogP contribution in [0.2, 0.25) is 4.34 Å². The van der Waals surface area contributed by atoms with Crippen molar-refractivity contribution in [3.63, 3.8) is 0 Å². The van der Waals surface area contributed by atoms with Crippen LogP contribution in [0.1, 0.15) is 25.3 Å². The molecule has 0 aromatic carbocycles. The topological polar surface area (TPSA) is 58.2 Å². The highest BCUT2D eigenvalue weighted by molar-refractivity contribution is 7.91. The number of hydrogen-bond donors (Lipinski definition) is 2. The lowest BCUT2D eigenvalue weighted by Gasteiger charge is -2.28. The predicted molar refractivity (Wildman–Crippen MR) is 79.4 cm³/mol. The van der Waals surface area contributed by atoms with E-state index in [1.165, 1.54) is 0 Å². The molecule has 2 unspecified atom stereocenters. The van der Waals surface area contributed by atoms with Gasteiger partial charge >= 0.3 is 0 Å². The number of hydrogen-bond acceptors (Lipinski definition) is 4. The SMILES string of the molecule is Cc1cc(S(=O)(=O)NC(C)C2CCCNC2)sc1Cl. The Bertz CT molecular complexity index is 516. The van der Waals surface area contributed by atoms with E-state index in [-0.39, 0.29) is 6.04 Å². The van der Waals surface area contributed by atoms with Crippen molar-refractivity contribution < 1.29 is 8.42 Å². The van der Waals surface area contributed by atoms with Gasteiger partial charge in [-0.05, 0) is 57.3 Å². The molecular formula is C12H19ClN2O2S2. The molecule has 2 N–H and O–H groups in total. The van der Waals surface area contributed by atoms with Gasteiger partial charge < -0.3 is 5.32 Å². The van der Waals surface area contributed by atoms with Crippen LogP contribution in [-0.2, 0) is 10.0 Å². The third kappa shape index (κ3) is 3.70. The molecule has 0 spiro atoms. The average molecular weight is 323 g/mol.